The molecule has 0 aromatic heterocycles. The van der Waals surface area contributed by atoms with Crippen molar-refractivity contribution in [2.45, 2.75) is 19.9 Å². The highest BCUT2D eigenvalue weighted by molar-refractivity contribution is 5.95. The Morgan fingerprint density at radius 3 is 2.32 bits per heavy atom. The van der Waals surface area contributed by atoms with Crippen molar-refractivity contribution in [3.05, 3.63) is 65.7 Å². The Morgan fingerprint density at radius 2 is 1.61 bits per heavy atom. The average molecular weight is 382 g/mol. The third kappa shape index (κ3) is 6.75. The Hall–Kier alpha value is -3.35. The molecule has 4 amide bonds. The SMILES string of the molecule is CCc1ccccc1NC(=O)CN(C)C(=O)CNC(=O)NCc1ccccc1. The fourth-order valence-corrected chi connectivity index (χ4v) is 2.58. The van der Waals surface area contributed by atoms with Crippen molar-refractivity contribution in [1.29, 1.82) is 0 Å². The van der Waals surface area contributed by atoms with Crippen LogP contribution >= 0.6 is 0 Å². The van der Waals surface area contributed by atoms with Gasteiger partial charge in [0.1, 0.15) is 0 Å². The minimum Gasteiger partial charge on any atom is -0.335 e. The molecule has 2 aromatic rings. The van der Waals surface area contributed by atoms with Crippen molar-refractivity contribution in [2.75, 3.05) is 25.5 Å². The average Bonchev–Trinajstić information content (AvgIpc) is 2.71. The molecule has 0 aliphatic carbocycles. The normalized spacial score (nSPS) is 10.1. The third-order valence-corrected chi connectivity index (χ3v) is 4.17. The van der Waals surface area contributed by atoms with Gasteiger partial charge in [-0.3, -0.25) is 9.59 Å². The summed E-state index contributed by atoms with van der Waals surface area (Å²) in [5.74, 6) is -0.640. The number of carbonyl (C=O) groups is 3. The molecule has 0 fully saturated rings. The van der Waals surface area contributed by atoms with E-state index in [1.165, 1.54) is 11.9 Å². The molecule has 0 heterocycles. The van der Waals surface area contributed by atoms with Crippen LogP contribution in [0.4, 0.5) is 10.5 Å². The molecule has 0 saturated heterocycles. The van der Waals surface area contributed by atoms with Crippen LogP contribution < -0.4 is 16.0 Å². The Balaban J connectivity index is 1.72. The van der Waals surface area contributed by atoms with E-state index in [-0.39, 0.29) is 24.9 Å². The van der Waals surface area contributed by atoms with E-state index in [1.54, 1.807) is 0 Å². The van der Waals surface area contributed by atoms with Gasteiger partial charge in [-0.25, -0.2) is 4.79 Å². The molecule has 7 heteroatoms. The van der Waals surface area contributed by atoms with Crippen molar-refractivity contribution >= 4 is 23.5 Å². The van der Waals surface area contributed by atoms with Gasteiger partial charge in [0.15, 0.2) is 0 Å². The number of hydrogen-bond acceptors (Lipinski definition) is 3. The van der Waals surface area contributed by atoms with Gasteiger partial charge < -0.3 is 20.9 Å². The van der Waals surface area contributed by atoms with E-state index in [0.717, 1.165) is 23.2 Å². The van der Waals surface area contributed by atoms with Gasteiger partial charge >= 0.3 is 6.03 Å². The van der Waals surface area contributed by atoms with Crippen LogP contribution in [0.5, 0.6) is 0 Å². The van der Waals surface area contributed by atoms with Crippen LogP contribution in [0.1, 0.15) is 18.1 Å². The summed E-state index contributed by atoms with van der Waals surface area (Å²) in [6.07, 6.45) is 0.799. The molecule has 2 aromatic carbocycles. The van der Waals surface area contributed by atoms with E-state index in [9.17, 15) is 14.4 Å². The van der Waals surface area contributed by atoms with Crippen molar-refractivity contribution in [1.82, 2.24) is 15.5 Å². The van der Waals surface area contributed by atoms with Crippen molar-refractivity contribution in [2.24, 2.45) is 0 Å². The lowest BCUT2D eigenvalue weighted by molar-refractivity contribution is -0.132. The highest BCUT2D eigenvalue weighted by Crippen LogP contribution is 2.15. The Morgan fingerprint density at radius 1 is 0.929 bits per heavy atom. The van der Waals surface area contributed by atoms with Gasteiger partial charge in [-0.1, -0.05) is 55.5 Å². The zero-order chi connectivity index (χ0) is 20.4. The first-order valence-corrected chi connectivity index (χ1v) is 9.17. The van der Waals surface area contributed by atoms with Gasteiger partial charge in [0.2, 0.25) is 11.8 Å². The van der Waals surface area contributed by atoms with Crippen molar-refractivity contribution in [3.8, 4) is 0 Å². The number of rotatable bonds is 8. The number of likely N-dealkylation sites (N-methyl/N-ethyl adjacent to an activating group) is 1. The fourth-order valence-electron chi connectivity index (χ4n) is 2.58. The second-order valence-electron chi connectivity index (χ2n) is 6.33. The van der Waals surface area contributed by atoms with Gasteiger partial charge in [-0.15, -0.1) is 0 Å². The van der Waals surface area contributed by atoms with E-state index in [4.69, 9.17) is 0 Å². The number of urea groups is 1. The second kappa shape index (κ2) is 10.7. The number of nitrogens with zero attached hydrogens (tertiary/aromatic N) is 1. The molecule has 2 rings (SSSR count). The van der Waals surface area contributed by atoms with Crippen molar-refractivity contribution < 1.29 is 14.4 Å². The quantitative estimate of drug-likeness (QED) is 0.653. The molecule has 0 spiro atoms. The molecule has 0 unspecified atom stereocenters. The molecule has 0 atom stereocenters. The summed E-state index contributed by atoms with van der Waals surface area (Å²) in [6.45, 7) is 2.10. The van der Waals surface area contributed by atoms with Gasteiger partial charge in [0.25, 0.3) is 0 Å². The predicted molar refractivity (Wildman–Crippen MR) is 109 cm³/mol. The Kier molecular flexibility index (Phi) is 8.02. The number of amides is 4. The van der Waals surface area contributed by atoms with Crippen molar-refractivity contribution in [3.63, 3.8) is 0 Å². The highest BCUT2D eigenvalue weighted by atomic mass is 16.2. The molecule has 148 valence electrons. The Bertz CT molecular complexity index is 808. The number of benzene rings is 2. The lowest BCUT2D eigenvalue weighted by Crippen LogP contribution is -2.44. The summed E-state index contributed by atoms with van der Waals surface area (Å²) >= 11 is 0. The largest absolute Gasteiger partial charge is 0.335 e. The van der Waals surface area contributed by atoms with Crippen LogP contribution in [0.3, 0.4) is 0 Å². The van der Waals surface area contributed by atoms with Crippen LogP contribution in [-0.4, -0.2) is 42.9 Å². The van der Waals surface area contributed by atoms with Crippen LogP contribution in [0, 0.1) is 0 Å². The number of carbonyl (C=O) groups excluding carboxylic acids is 3. The van der Waals surface area contributed by atoms with E-state index >= 15 is 0 Å². The molecule has 7 nitrogen and oxygen atoms in total. The molecule has 0 aliphatic heterocycles. The molecule has 0 bridgehead atoms. The second-order valence-corrected chi connectivity index (χ2v) is 6.33. The fraction of sp³-hybridized carbons (Fsp3) is 0.286. The minimum absolute atomic E-state index is 0.0931. The maximum absolute atomic E-state index is 12.2. The van der Waals surface area contributed by atoms with E-state index in [0.29, 0.717) is 6.54 Å². The number of nitrogens with one attached hydrogen (secondary N) is 3. The van der Waals surface area contributed by atoms with Crippen LogP contribution in [0.25, 0.3) is 0 Å². The topological polar surface area (TPSA) is 90.5 Å². The first-order valence-electron chi connectivity index (χ1n) is 9.17. The highest BCUT2D eigenvalue weighted by Gasteiger charge is 2.14. The number of para-hydroxylation sites is 1. The molecule has 0 radical (unpaired) electrons. The van der Waals surface area contributed by atoms with Gasteiger partial charge in [-0.2, -0.15) is 0 Å². The van der Waals surface area contributed by atoms with Gasteiger partial charge in [0.05, 0.1) is 13.1 Å². The number of anilines is 1. The summed E-state index contributed by atoms with van der Waals surface area (Å²) in [7, 11) is 1.52. The molecular formula is C21H26N4O3. The summed E-state index contributed by atoms with van der Waals surface area (Å²) in [5, 5.41) is 8.00. The van der Waals surface area contributed by atoms with E-state index in [2.05, 4.69) is 16.0 Å². The van der Waals surface area contributed by atoms with Crippen LogP contribution in [0.2, 0.25) is 0 Å². The summed E-state index contributed by atoms with van der Waals surface area (Å²) in [5.41, 5.74) is 2.74. The van der Waals surface area contributed by atoms with Crippen LogP contribution in [-0.2, 0) is 22.6 Å². The summed E-state index contributed by atoms with van der Waals surface area (Å²) < 4.78 is 0. The molecule has 0 aliphatic rings. The maximum atomic E-state index is 12.2. The standard InChI is InChI=1S/C21H26N4O3/c1-3-17-11-7-8-12-18(17)24-19(26)15-25(2)20(27)14-23-21(28)22-13-16-9-5-4-6-10-16/h4-12H,3,13-15H2,1-2H3,(H,24,26)(H2,22,23,28). The summed E-state index contributed by atoms with van der Waals surface area (Å²) in [4.78, 5) is 37.4. The molecule has 0 saturated carbocycles. The molecule has 28 heavy (non-hydrogen) atoms. The molecule has 3 N–H and O–H groups in total. The zero-order valence-corrected chi connectivity index (χ0v) is 16.2. The van der Waals surface area contributed by atoms with E-state index in [1.807, 2.05) is 61.5 Å². The molecular weight excluding hydrogens is 356 g/mol. The van der Waals surface area contributed by atoms with Gasteiger partial charge in [-0.05, 0) is 23.6 Å². The Labute approximate surface area is 165 Å². The number of hydrogen-bond donors (Lipinski definition) is 3. The van der Waals surface area contributed by atoms with Crippen LogP contribution in [0.15, 0.2) is 54.6 Å². The smallest absolute Gasteiger partial charge is 0.315 e. The third-order valence-electron chi connectivity index (χ3n) is 4.17. The van der Waals surface area contributed by atoms with E-state index < -0.39 is 6.03 Å². The lowest BCUT2D eigenvalue weighted by atomic mass is 10.1. The predicted octanol–water partition coefficient (Wildman–Crippen LogP) is 2.15. The van der Waals surface area contributed by atoms with Gasteiger partial charge in [0, 0.05) is 19.3 Å². The first kappa shape index (κ1) is 21.0. The summed E-state index contributed by atoms with van der Waals surface area (Å²) in [6, 6.07) is 16.6. The minimum atomic E-state index is -0.438. The zero-order valence-electron chi connectivity index (χ0n) is 16.2. The first-order chi connectivity index (χ1) is 13.5. The lowest BCUT2D eigenvalue weighted by Gasteiger charge is -2.18. The number of aryl methyl sites for hydroxylation is 1. The monoisotopic (exact) mass is 382 g/mol. The maximum Gasteiger partial charge on any atom is 0.315 e.